The molecule has 1 unspecified atom stereocenters. The van der Waals surface area contributed by atoms with Gasteiger partial charge < -0.3 is 5.11 Å². The molecule has 0 aliphatic rings. The summed E-state index contributed by atoms with van der Waals surface area (Å²) in [7, 11) is 0. The molecule has 0 aliphatic heterocycles. The second-order valence-corrected chi connectivity index (χ2v) is 3.44. The quantitative estimate of drug-likeness (QED) is 0.720. The minimum atomic E-state index is -0.674. The average Bonchev–Trinajstić information content (AvgIpc) is 2.47. The van der Waals surface area contributed by atoms with Crippen LogP contribution in [0.2, 0.25) is 5.15 Å². The summed E-state index contributed by atoms with van der Waals surface area (Å²) in [5, 5.41) is 17.5. The maximum absolute atomic E-state index is 9.42. The molecule has 14 heavy (non-hydrogen) atoms. The zero-order valence-electron chi connectivity index (χ0n) is 7.77. The van der Waals surface area contributed by atoms with Crippen LogP contribution in [0.4, 0.5) is 0 Å². The minimum Gasteiger partial charge on any atom is -0.385 e. The molecular weight excluding hydrogens is 204 g/mol. The standard InChI is InChI=1S/C8H9ClN4O/c1-4(14)8-12-11-7-3-6(9)10-5(2)13(7)8/h3-4,14H,1-2H3. The lowest BCUT2D eigenvalue weighted by Gasteiger charge is -2.04. The van der Waals surface area contributed by atoms with Crippen molar-refractivity contribution in [2.45, 2.75) is 20.0 Å². The molecule has 2 aromatic rings. The Bertz CT molecular complexity index is 479. The second kappa shape index (κ2) is 3.18. The van der Waals surface area contributed by atoms with E-state index in [0.717, 1.165) is 0 Å². The highest BCUT2D eigenvalue weighted by Gasteiger charge is 2.13. The Kier molecular flexibility index (Phi) is 2.13. The number of aromatic nitrogens is 4. The summed E-state index contributed by atoms with van der Waals surface area (Å²) in [5.74, 6) is 1.13. The molecule has 0 saturated carbocycles. The van der Waals surface area contributed by atoms with Gasteiger partial charge in [-0.2, -0.15) is 0 Å². The Morgan fingerprint density at radius 2 is 2.21 bits per heavy atom. The van der Waals surface area contributed by atoms with E-state index in [4.69, 9.17) is 11.6 Å². The van der Waals surface area contributed by atoms with Crippen LogP contribution in [0.1, 0.15) is 24.7 Å². The van der Waals surface area contributed by atoms with Crippen molar-refractivity contribution in [2.75, 3.05) is 0 Å². The molecule has 0 saturated heterocycles. The first-order valence-electron chi connectivity index (χ1n) is 4.16. The Hall–Kier alpha value is -1.20. The van der Waals surface area contributed by atoms with Gasteiger partial charge in [-0.05, 0) is 13.8 Å². The smallest absolute Gasteiger partial charge is 0.167 e. The van der Waals surface area contributed by atoms with Crippen LogP contribution in [-0.2, 0) is 0 Å². The molecule has 0 fully saturated rings. The van der Waals surface area contributed by atoms with E-state index in [2.05, 4.69) is 15.2 Å². The second-order valence-electron chi connectivity index (χ2n) is 3.05. The van der Waals surface area contributed by atoms with Gasteiger partial charge >= 0.3 is 0 Å². The van der Waals surface area contributed by atoms with Gasteiger partial charge in [0.05, 0.1) is 0 Å². The van der Waals surface area contributed by atoms with Gasteiger partial charge in [-0.15, -0.1) is 10.2 Å². The number of halogens is 1. The first kappa shape index (κ1) is 9.36. The van der Waals surface area contributed by atoms with Crippen molar-refractivity contribution in [1.82, 2.24) is 19.6 Å². The summed E-state index contributed by atoms with van der Waals surface area (Å²) < 4.78 is 1.68. The average molecular weight is 213 g/mol. The SMILES string of the molecule is Cc1nc(Cl)cc2nnc(C(C)O)n12. The summed E-state index contributed by atoms with van der Waals surface area (Å²) in [6.45, 7) is 3.42. The predicted octanol–water partition coefficient (Wildman–Crippen LogP) is 1.14. The van der Waals surface area contributed by atoms with Crippen LogP contribution in [0, 0.1) is 6.92 Å². The number of hydrogen-bond donors (Lipinski definition) is 1. The van der Waals surface area contributed by atoms with Crippen LogP contribution < -0.4 is 0 Å². The fraction of sp³-hybridized carbons (Fsp3) is 0.375. The van der Waals surface area contributed by atoms with Crippen molar-refractivity contribution >= 4 is 17.2 Å². The molecule has 5 nitrogen and oxygen atoms in total. The number of aryl methyl sites for hydroxylation is 1. The number of nitrogens with zero attached hydrogens (tertiary/aromatic N) is 4. The fourth-order valence-corrected chi connectivity index (χ4v) is 1.57. The number of aliphatic hydroxyl groups excluding tert-OH is 1. The van der Waals surface area contributed by atoms with Crippen LogP contribution in [0.3, 0.4) is 0 Å². The zero-order chi connectivity index (χ0) is 10.3. The lowest BCUT2D eigenvalue weighted by Crippen LogP contribution is -2.03. The van der Waals surface area contributed by atoms with Crippen LogP contribution in [0.15, 0.2) is 6.07 Å². The van der Waals surface area contributed by atoms with Gasteiger partial charge in [-0.1, -0.05) is 11.6 Å². The van der Waals surface area contributed by atoms with E-state index in [1.807, 2.05) is 0 Å². The third-order valence-corrected chi connectivity index (χ3v) is 2.12. The molecule has 0 amide bonds. The molecule has 1 atom stereocenters. The maximum atomic E-state index is 9.42. The zero-order valence-corrected chi connectivity index (χ0v) is 8.52. The molecule has 2 rings (SSSR count). The molecular formula is C8H9ClN4O. The summed E-state index contributed by atoms with van der Waals surface area (Å²) >= 11 is 5.76. The van der Waals surface area contributed by atoms with E-state index >= 15 is 0 Å². The fourth-order valence-electron chi connectivity index (χ4n) is 1.35. The van der Waals surface area contributed by atoms with Gasteiger partial charge in [0.2, 0.25) is 0 Å². The molecule has 0 aliphatic carbocycles. The maximum Gasteiger partial charge on any atom is 0.167 e. The van der Waals surface area contributed by atoms with Gasteiger partial charge in [-0.3, -0.25) is 4.40 Å². The van der Waals surface area contributed by atoms with Crippen molar-refractivity contribution in [2.24, 2.45) is 0 Å². The summed E-state index contributed by atoms with van der Waals surface area (Å²) in [4.78, 5) is 4.05. The van der Waals surface area contributed by atoms with Gasteiger partial charge in [0.1, 0.15) is 17.1 Å². The lowest BCUT2D eigenvalue weighted by molar-refractivity contribution is 0.187. The third-order valence-electron chi connectivity index (χ3n) is 1.93. The summed E-state index contributed by atoms with van der Waals surface area (Å²) in [5.41, 5.74) is 0.596. The molecule has 0 radical (unpaired) electrons. The highest BCUT2D eigenvalue weighted by molar-refractivity contribution is 6.29. The first-order valence-corrected chi connectivity index (χ1v) is 4.53. The Morgan fingerprint density at radius 3 is 2.86 bits per heavy atom. The number of rotatable bonds is 1. The highest BCUT2D eigenvalue weighted by atomic mass is 35.5. The van der Waals surface area contributed by atoms with Crippen molar-refractivity contribution in [3.63, 3.8) is 0 Å². The van der Waals surface area contributed by atoms with E-state index in [1.54, 1.807) is 24.3 Å². The van der Waals surface area contributed by atoms with Crippen molar-refractivity contribution < 1.29 is 5.11 Å². The topological polar surface area (TPSA) is 63.3 Å². The highest BCUT2D eigenvalue weighted by Crippen LogP contribution is 2.15. The van der Waals surface area contributed by atoms with Crippen LogP contribution in [0.25, 0.3) is 5.65 Å². The van der Waals surface area contributed by atoms with Crippen LogP contribution >= 0.6 is 11.6 Å². The number of fused-ring (bicyclic) bond motifs is 1. The van der Waals surface area contributed by atoms with Crippen LogP contribution in [-0.4, -0.2) is 24.7 Å². The minimum absolute atomic E-state index is 0.375. The Labute approximate surface area is 85.4 Å². The molecule has 2 aromatic heterocycles. The summed E-state index contributed by atoms with van der Waals surface area (Å²) in [6, 6.07) is 1.60. The molecule has 6 heteroatoms. The molecule has 0 spiro atoms. The molecule has 1 N–H and O–H groups in total. The first-order chi connectivity index (χ1) is 6.59. The van der Waals surface area contributed by atoms with E-state index < -0.39 is 6.10 Å². The molecule has 0 bridgehead atoms. The van der Waals surface area contributed by atoms with E-state index in [9.17, 15) is 5.11 Å². The van der Waals surface area contributed by atoms with E-state index in [0.29, 0.717) is 22.4 Å². The van der Waals surface area contributed by atoms with E-state index in [1.165, 1.54) is 0 Å². The third kappa shape index (κ3) is 1.34. The largest absolute Gasteiger partial charge is 0.385 e. The van der Waals surface area contributed by atoms with Gasteiger partial charge in [0, 0.05) is 6.07 Å². The van der Waals surface area contributed by atoms with E-state index in [-0.39, 0.29) is 0 Å². The van der Waals surface area contributed by atoms with Gasteiger partial charge in [0.25, 0.3) is 0 Å². The van der Waals surface area contributed by atoms with Crippen molar-refractivity contribution in [1.29, 1.82) is 0 Å². The molecule has 0 aromatic carbocycles. The van der Waals surface area contributed by atoms with Crippen molar-refractivity contribution in [3.05, 3.63) is 22.9 Å². The van der Waals surface area contributed by atoms with Crippen molar-refractivity contribution in [3.8, 4) is 0 Å². The van der Waals surface area contributed by atoms with Crippen LogP contribution in [0.5, 0.6) is 0 Å². The van der Waals surface area contributed by atoms with Gasteiger partial charge in [-0.25, -0.2) is 4.98 Å². The number of hydrogen-bond acceptors (Lipinski definition) is 4. The van der Waals surface area contributed by atoms with Gasteiger partial charge in [0.15, 0.2) is 11.5 Å². The lowest BCUT2D eigenvalue weighted by atomic mass is 10.4. The predicted molar refractivity (Wildman–Crippen MR) is 51.2 cm³/mol. The molecule has 74 valence electrons. The molecule has 2 heterocycles. The Morgan fingerprint density at radius 1 is 1.50 bits per heavy atom. The Balaban J connectivity index is 2.79. The monoisotopic (exact) mass is 212 g/mol. The number of aliphatic hydroxyl groups is 1. The summed E-state index contributed by atoms with van der Waals surface area (Å²) in [6.07, 6.45) is -0.674. The normalized spacial score (nSPS) is 13.4.